The molecule has 0 aliphatic carbocycles. The van der Waals surface area contributed by atoms with E-state index in [2.05, 4.69) is 0 Å². The van der Waals surface area contributed by atoms with Gasteiger partial charge in [-0.2, -0.15) is 0 Å². The van der Waals surface area contributed by atoms with Crippen LogP contribution in [0.2, 0.25) is 13.1 Å². The monoisotopic (exact) mass is 561 g/mol. The Morgan fingerprint density at radius 1 is 1.08 bits per heavy atom. The molecule has 0 saturated carbocycles. The number of ether oxygens (including phenoxy) is 3. The van der Waals surface area contributed by atoms with E-state index >= 15 is 0 Å². The number of aromatic nitrogens is 1. The Morgan fingerprint density at radius 3 is 2.45 bits per heavy atom. The van der Waals surface area contributed by atoms with Crippen LogP contribution in [0.25, 0.3) is 10.9 Å². The molecule has 10 heteroatoms. The average Bonchev–Trinajstić information content (AvgIpc) is 3.24. The molecule has 1 N–H and O–H groups in total. The van der Waals surface area contributed by atoms with Crippen molar-refractivity contribution in [2.24, 2.45) is 0 Å². The van der Waals surface area contributed by atoms with Gasteiger partial charge in [-0.3, -0.25) is 0 Å². The molecule has 0 unspecified atom stereocenters. The van der Waals surface area contributed by atoms with Gasteiger partial charge < -0.3 is 23.7 Å². The Hall–Kier alpha value is -2.05. The van der Waals surface area contributed by atoms with Gasteiger partial charge >= 0.3 is 0 Å². The molecule has 1 aromatic heterocycles. The van der Waals surface area contributed by atoms with Gasteiger partial charge in [0, 0.05) is 18.0 Å². The number of hydrogen-bond donors (Lipinski definition) is 1. The fraction of sp³-hybridized carbons (Fsp3) is 0.500. The molecule has 0 spiro atoms. The summed E-state index contributed by atoms with van der Waals surface area (Å²) in [6.45, 7) is 10.6. The molecule has 1 fully saturated rings. The highest BCUT2D eigenvalue weighted by Gasteiger charge is 2.40. The molecule has 3 aromatic rings. The summed E-state index contributed by atoms with van der Waals surface area (Å²) >= 11 is 0. The van der Waals surface area contributed by atoms with Crippen LogP contribution < -0.4 is 0 Å². The van der Waals surface area contributed by atoms with Crippen LogP contribution in [0.15, 0.2) is 65.7 Å². The van der Waals surface area contributed by atoms with Crippen LogP contribution in [0.3, 0.4) is 0 Å². The van der Waals surface area contributed by atoms with Crippen molar-refractivity contribution in [3.8, 4) is 0 Å². The Kier molecular flexibility index (Phi) is 9.13. The zero-order valence-corrected chi connectivity index (χ0v) is 24.7. The Morgan fingerprint density at radius 2 is 1.76 bits per heavy atom. The van der Waals surface area contributed by atoms with Gasteiger partial charge in [0.05, 0.1) is 41.4 Å². The number of benzene rings is 2. The molecular formula is C28H39NO7SSi. The second-order valence-corrected chi connectivity index (χ2v) is 15.1. The molecule has 4 rings (SSSR count). The van der Waals surface area contributed by atoms with E-state index in [1.807, 2.05) is 52.1 Å². The van der Waals surface area contributed by atoms with E-state index in [9.17, 15) is 13.5 Å². The molecule has 2 aromatic carbocycles. The molecule has 38 heavy (non-hydrogen) atoms. The lowest BCUT2D eigenvalue weighted by atomic mass is 10.0. The molecular weight excluding hydrogens is 522 g/mol. The SMILES string of the molecule is C[SiH](C)O[C@H]1[C@H](OCCc2cn(S(=O)(=O)c3ccccc3)c3ccccc23)O[C@H](COC(C)(C)C)C[C@@H]1O. The summed E-state index contributed by atoms with van der Waals surface area (Å²) < 4.78 is 52.5. The third-order valence-corrected chi connectivity index (χ3v) is 8.87. The number of nitrogens with zero attached hydrogens (tertiary/aromatic N) is 1. The Balaban J connectivity index is 1.51. The summed E-state index contributed by atoms with van der Waals surface area (Å²) in [5, 5.41) is 11.7. The third-order valence-electron chi connectivity index (χ3n) is 6.32. The number of para-hydroxylation sites is 1. The van der Waals surface area contributed by atoms with Gasteiger partial charge in [0.1, 0.15) is 6.10 Å². The summed E-state index contributed by atoms with van der Waals surface area (Å²) in [5.74, 6) is 0. The van der Waals surface area contributed by atoms with Crippen molar-refractivity contribution in [1.29, 1.82) is 0 Å². The lowest BCUT2D eigenvalue weighted by Gasteiger charge is -2.40. The van der Waals surface area contributed by atoms with Gasteiger partial charge in [0.2, 0.25) is 0 Å². The minimum atomic E-state index is -3.76. The van der Waals surface area contributed by atoms with Crippen molar-refractivity contribution < 1.29 is 32.2 Å². The van der Waals surface area contributed by atoms with Gasteiger partial charge in [-0.15, -0.1) is 0 Å². The molecule has 0 bridgehead atoms. The highest BCUT2D eigenvalue weighted by Crippen LogP contribution is 2.28. The topological polar surface area (TPSA) is 96.2 Å². The van der Waals surface area contributed by atoms with E-state index in [1.165, 1.54) is 3.97 Å². The predicted octanol–water partition coefficient (Wildman–Crippen LogP) is 4.10. The maximum atomic E-state index is 13.4. The highest BCUT2D eigenvalue weighted by atomic mass is 32.2. The summed E-state index contributed by atoms with van der Waals surface area (Å²) in [5.41, 5.74) is 1.14. The standard InChI is InChI=1S/C28H39NO7SSi/c1-28(2,3)34-19-21-17-25(30)26(36-38(4)5)27(35-21)33-16-15-20-18-29(24-14-10-9-13-23(20)24)37(31,32)22-11-7-6-8-12-22/h6-14,18,21,25-27,30,38H,15-17,19H2,1-5H3/t21-,25-,26+,27+/m0/s1. The average molecular weight is 562 g/mol. The summed E-state index contributed by atoms with van der Waals surface area (Å²) in [6.07, 6.45) is 0.170. The number of fused-ring (bicyclic) bond motifs is 1. The maximum absolute atomic E-state index is 13.4. The lowest BCUT2D eigenvalue weighted by Crippen LogP contribution is -2.53. The fourth-order valence-corrected chi connectivity index (χ4v) is 6.92. The largest absolute Gasteiger partial charge is 0.410 e. The van der Waals surface area contributed by atoms with Gasteiger partial charge in [-0.1, -0.05) is 36.4 Å². The lowest BCUT2D eigenvalue weighted by molar-refractivity contribution is -0.270. The van der Waals surface area contributed by atoms with Gasteiger partial charge in [-0.05, 0) is 64.0 Å². The fourth-order valence-electron chi connectivity index (χ4n) is 4.57. The molecule has 1 saturated heterocycles. The van der Waals surface area contributed by atoms with Crippen LogP contribution in [-0.4, -0.2) is 70.0 Å². The van der Waals surface area contributed by atoms with Crippen LogP contribution in [0, 0.1) is 0 Å². The van der Waals surface area contributed by atoms with Crippen molar-refractivity contribution in [3.63, 3.8) is 0 Å². The summed E-state index contributed by atoms with van der Waals surface area (Å²) in [4.78, 5) is 0.231. The summed E-state index contributed by atoms with van der Waals surface area (Å²) in [6, 6.07) is 15.8. The predicted molar refractivity (Wildman–Crippen MR) is 149 cm³/mol. The number of rotatable bonds is 10. The highest BCUT2D eigenvalue weighted by molar-refractivity contribution is 7.90. The smallest absolute Gasteiger partial charge is 0.268 e. The van der Waals surface area contributed by atoms with Crippen LogP contribution in [-0.2, 0) is 35.1 Å². The molecule has 8 nitrogen and oxygen atoms in total. The number of hydrogen-bond acceptors (Lipinski definition) is 7. The normalized spacial score (nSPS) is 22.8. The quantitative estimate of drug-likeness (QED) is 0.373. The van der Waals surface area contributed by atoms with Crippen molar-refractivity contribution in [2.45, 2.75) is 81.8 Å². The van der Waals surface area contributed by atoms with E-state index in [1.54, 1.807) is 42.6 Å². The van der Waals surface area contributed by atoms with Gasteiger partial charge in [0.25, 0.3) is 10.0 Å². The first kappa shape index (κ1) is 28.9. The van der Waals surface area contributed by atoms with Crippen LogP contribution in [0.5, 0.6) is 0 Å². The second-order valence-electron chi connectivity index (χ2n) is 10.9. The van der Waals surface area contributed by atoms with Crippen molar-refractivity contribution in [1.82, 2.24) is 3.97 Å². The van der Waals surface area contributed by atoms with Crippen molar-refractivity contribution in [2.75, 3.05) is 13.2 Å². The Bertz CT molecular complexity index is 1300. The van der Waals surface area contributed by atoms with E-state index in [0.717, 1.165) is 10.9 Å². The van der Waals surface area contributed by atoms with Gasteiger partial charge in [-0.25, -0.2) is 12.4 Å². The zero-order chi connectivity index (χ0) is 27.5. The molecule has 1 aliphatic heterocycles. The molecule has 0 amide bonds. The van der Waals surface area contributed by atoms with E-state index in [-0.39, 0.29) is 23.2 Å². The zero-order valence-electron chi connectivity index (χ0n) is 22.7. The first-order valence-electron chi connectivity index (χ1n) is 13.1. The first-order valence-corrected chi connectivity index (χ1v) is 17.3. The van der Waals surface area contributed by atoms with E-state index in [0.29, 0.717) is 25.0 Å². The number of aliphatic hydroxyl groups is 1. The summed E-state index contributed by atoms with van der Waals surface area (Å²) in [7, 11) is -5.24. The van der Waals surface area contributed by atoms with Crippen LogP contribution >= 0.6 is 0 Å². The molecule has 0 radical (unpaired) electrons. The van der Waals surface area contributed by atoms with Crippen LogP contribution in [0.1, 0.15) is 32.8 Å². The molecule has 4 atom stereocenters. The van der Waals surface area contributed by atoms with Crippen molar-refractivity contribution >= 4 is 30.0 Å². The van der Waals surface area contributed by atoms with Crippen molar-refractivity contribution in [3.05, 3.63) is 66.4 Å². The maximum Gasteiger partial charge on any atom is 0.268 e. The third kappa shape index (κ3) is 6.92. The second kappa shape index (κ2) is 12.0. The molecule has 1 aliphatic rings. The number of aliphatic hydroxyl groups excluding tert-OH is 1. The first-order chi connectivity index (χ1) is 18.0. The molecule has 2 heterocycles. The van der Waals surface area contributed by atoms with Gasteiger partial charge in [0.15, 0.2) is 15.3 Å². The Labute approximate surface area is 227 Å². The van der Waals surface area contributed by atoms with E-state index in [4.69, 9.17) is 18.6 Å². The van der Waals surface area contributed by atoms with E-state index < -0.39 is 37.6 Å². The minimum absolute atomic E-state index is 0.231. The van der Waals surface area contributed by atoms with Crippen LogP contribution in [0.4, 0.5) is 0 Å². The molecule has 208 valence electrons. The minimum Gasteiger partial charge on any atom is -0.410 e.